The molecule has 0 fully saturated rings. The van der Waals surface area contributed by atoms with Gasteiger partial charge in [0.1, 0.15) is 22.1 Å². The summed E-state index contributed by atoms with van der Waals surface area (Å²) in [5.41, 5.74) is -1.01. The molecule has 0 radical (unpaired) electrons. The van der Waals surface area contributed by atoms with Crippen LogP contribution in [-0.4, -0.2) is 24.5 Å². The van der Waals surface area contributed by atoms with E-state index in [0.29, 0.717) is 12.1 Å². The SMILES string of the molecule is CC(C)(C)OC(=O)N(c1ccsn1)S(=O)(=O)c1cc(Cl)c(F)cc1F. The number of anilines is 1. The first-order chi connectivity index (χ1) is 11.4. The van der Waals surface area contributed by atoms with Crippen LogP contribution in [0.15, 0.2) is 28.5 Å². The Morgan fingerprint density at radius 3 is 2.44 bits per heavy atom. The fourth-order valence-electron chi connectivity index (χ4n) is 1.73. The number of hydrogen-bond donors (Lipinski definition) is 0. The molecule has 0 unspecified atom stereocenters. The highest BCUT2D eigenvalue weighted by molar-refractivity contribution is 7.93. The lowest BCUT2D eigenvalue weighted by Gasteiger charge is -2.25. The Bertz CT molecular complexity index is 896. The molecule has 0 aliphatic rings. The molecular weight excluding hydrogens is 398 g/mol. The maximum Gasteiger partial charge on any atom is 0.430 e. The monoisotopic (exact) mass is 410 g/mol. The smallest absolute Gasteiger partial charge is 0.430 e. The van der Waals surface area contributed by atoms with Crippen molar-refractivity contribution < 1.29 is 26.7 Å². The number of amides is 1. The molecule has 0 aliphatic carbocycles. The molecule has 0 saturated heterocycles. The quantitative estimate of drug-likeness (QED) is 0.708. The zero-order valence-electron chi connectivity index (χ0n) is 13.3. The Morgan fingerprint density at radius 1 is 1.28 bits per heavy atom. The molecule has 0 aliphatic heterocycles. The molecule has 1 amide bonds. The van der Waals surface area contributed by atoms with Gasteiger partial charge in [0.2, 0.25) is 0 Å². The van der Waals surface area contributed by atoms with Gasteiger partial charge < -0.3 is 4.74 Å². The minimum Gasteiger partial charge on any atom is -0.443 e. The molecular formula is C14H13ClF2N2O4S2. The van der Waals surface area contributed by atoms with Crippen LogP contribution < -0.4 is 4.31 Å². The van der Waals surface area contributed by atoms with Gasteiger partial charge in [-0.05, 0) is 44.4 Å². The molecule has 0 spiro atoms. The number of hydrogen-bond acceptors (Lipinski definition) is 6. The molecule has 11 heteroatoms. The first kappa shape index (κ1) is 19.5. The molecule has 0 saturated carbocycles. The van der Waals surface area contributed by atoms with Crippen LogP contribution in [0, 0.1) is 11.6 Å². The van der Waals surface area contributed by atoms with Crippen molar-refractivity contribution in [3.05, 3.63) is 40.2 Å². The van der Waals surface area contributed by atoms with Crippen molar-refractivity contribution in [2.24, 2.45) is 0 Å². The summed E-state index contributed by atoms with van der Waals surface area (Å²) in [7, 11) is -4.79. The third kappa shape index (κ3) is 4.25. The standard InChI is InChI=1S/C14H13ClF2N2O4S2/c1-14(2,3)23-13(20)19(12-4-5-24-18-12)25(21,22)11-6-8(15)9(16)7-10(11)17/h4-7H,1-3H3. The fraction of sp³-hybridized carbons (Fsp3) is 0.286. The Hall–Kier alpha value is -1.78. The van der Waals surface area contributed by atoms with E-state index in [2.05, 4.69) is 4.37 Å². The van der Waals surface area contributed by atoms with E-state index in [1.807, 2.05) is 0 Å². The number of nitrogens with zero attached hydrogens (tertiary/aromatic N) is 2. The minimum absolute atomic E-state index is 0.210. The molecule has 1 aromatic carbocycles. The van der Waals surface area contributed by atoms with Gasteiger partial charge in [0.15, 0.2) is 5.82 Å². The van der Waals surface area contributed by atoms with Crippen molar-refractivity contribution in [2.45, 2.75) is 31.3 Å². The lowest BCUT2D eigenvalue weighted by Crippen LogP contribution is -2.41. The van der Waals surface area contributed by atoms with E-state index in [9.17, 15) is 22.0 Å². The van der Waals surface area contributed by atoms with Gasteiger partial charge in [-0.2, -0.15) is 4.37 Å². The number of halogens is 3. The number of sulfonamides is 1. The van der Waals surface area contributed by atoms with Crippen LogP contribution in [-0.2, 0) is 14.8 Å². The van der Waals surface area contributed by atoms with Gasteiger partial charge in [0.25, 0.3) is 10.0 Å². The van der Waals surface area contributed by atoms with E-state index >= 15 is 0 Å². The second kappa shape index (κ2) is 6.85. The maximum atomic E-state index is 14.1. The summed E-state index contributed by atoms with van der Waals surface area (Å²) in [5, 5.41) is 0.818. The highest BCUT2D eigenvalue weighted by Crippen LogP contribution is 2.30. The summed E-state index contributed by atoms with van der Waals surface area (Å²) in [6.07, 6.45) is -1.28. The van der Waals surface area contributed by atoms with Crippen LogP contribution in [0.5, 0.6) is 0 Å². The summed E-state index contributed by atoms with van der Waals surface area (Å²) in [6.45, 7) is 4.60. The van der Waals surface area contributed by atoms with Crippen LogP contribution in [0.1, 0.15) is 20.8 Å². The average Bonchev–Trinajstić information content (AvgIpc) is 2.94. The topological polar surface area (TPSA) is 76.6 Å². The number of carbonyl (C=O) groups is 1. The lowest BCUT2D eigenvalue weighted by atomic mass is 10.2. The maximum absolute atomic E-state index is 14.1. The predicted molar refractivity (Wildman–Crippen MR) is 89.4 cm³/mol. The van der Waals surface area contributed by atoms with Crippen molar-refractivity contribution in [3.8, 4) is 0 Å². The molecule has 0 bridgehead atoms. The third-order valence-corrected chi connectivity index (χ3v) is 5.21. The second-order valence-electron chi connectivity index (χ2n) is 5.80. The van der Waals surface area contributed by atoms with Crippen molar-refractivity contribution in [2.75, 3.05) is 4.31 Å². The zero-order valence-corrected chi connectivity index (χ0v) is 15.7. The van der Waals surface area contributed by atoms with E-state index in [4.69, 9.17) is 16.3 Å². The van der Waals surface area contributed by atoms with Gasteiger partial charge in [-0.3, -0.25) is 0 Å². The minimum atomic E-state index is -4.79. The molecule has 0 N–H and O–H groups in total. The number of rotatable bonds is 3. The average molecular weight is 411 g/mol. The summed E-state index contributed by atoms with van der Waals surface area (Å²) >= 11 is 6.43. The highest BCUT2D eigenvalue weighted by Gasteiger charge is 2.38. The Morgan fingerprint density at radius 2 is 1.92 bits per heavy atom. The van der Waals surface area contributed by atoms with Gasteiger partial charge in [-0.25, -0.2) is 22.0 Å². The predicted octanol–water partition coefficient (Wildman–Crippen LogP) is 4.21. The van der Waals surface area contributed by atoms with Crippen LogP contribution >= 0.6 is 23.1 Å². The van der Waals surface area contributed by atoms with Gasteiger partial charge in [0, 0.05) is 11.4 Å². The fourth-order valence-corrected chi connectivity index (χ4v) is 3.85. The lowest BCUT2D eigenvalue weighted by molar-refractivity contribution is 0.0608. The Balaban J connectivity index is 2.61. The summed E-state index contributed by atoms with van der Waals surface area (Å²) < 4.78 is 62.1. The largest absolute Gasteiger partial charge is 0.443 e. The molecule has 0 atom stereocenters. The summed E-state index contributed by atoms with van der Waals surface area (Å²) in [5.74, 6) is -2.81. The molecule has 25 heavy (non-hydrogen) atoms. The molecule has 1 heterocycles. The molecule has 2 aromatic rings. The third-order valence-electron chi connectivity index (χ3n) is 2.68. The molecule has 1 aromatic heterocycles. The first-order valence-electron chi connectivity index (χ1n) is 6.77. The van der Waals surface area contributed by atoms with Crippen molar-refractivity contribution in [1.29, 1.82) is 0 Å². The van der Waals surface area contributed by atoms with Gasteiger partial charge in [-0.1, -0.05) is 11.6 Å². The number of aromatic nitrogens is 1. The first-order valence-corrected chi connectivity index (χ1v) is 9.42. The number of benzene rings is 1. The van der Waals surface area contributed by atoms with Crippen molar-refractivity contribution in [1.82, 2.24) is 4.37 Å². The van der Waals surface area contributed by atoms with Gasteiger partial charge >= 0.3 is 6.09 Å². The van der Waals surface area contributed by atoms with Gasteiger partial charge in [0.05, 0.1) is 5.02 Å². The molecule has 2 rings (SSSR count). The normalized spacial score (nSPS) is 12.1. The van der Waals surface area contributed by atoms with Crippen LogP contribution in [0.2, 0.25) is 5.02 Å². The van der Waals surface area contributed by atoms with E-state index in [1.165, 1.54) is 32.2 Å². The van der Waals surface area contributed by atoms with E-state index < -0.39 is 43.3 Å². The van der Waals surface area contributed by atoms with E-state index in [0.717, 1.165) is 11.5 Å². The Labute approximate surface area is 152 Å². The second-order valence-corrected chi connectivity index (χ2v) is 8.63. The van der Waals surface area contributed by atoms with Crippen LogP contribution in [0.4, 0.5) is 19.4 Å². The molecule has 136 valence electrons. The van der Waals surface area contributed by atoms with E-state index in [1.54, 1.807) is 0 Å². The van der Waals surface area contributed by atoms with Gasteiger partial charge in [-0.15, -0.1) is 4.31 Å². The van der Waals surface area contributed by atoms with Crippen LogP contribution in [0.25, 0.3) is 0 Å². The summed E-state index contributed by atoms with van der Waals surface area (Å²) in [6, 6.07) is 2.16. The molecule has 6 nitrogen and oxygen atoms in total. The summed E-state index contributed by atoms with van der Waals surface area (Å²) in [4.78, 5) is 11.4. The number of carbonyl (C=O) groups excluding carboxylic acids is 1. The highest BCUT2D eigenvalue weighted by atomic mass is 35.5. The van der Waals surface area contributed by atoms with E-state index in [-0.39, 0.29) is 10.1 Å². The van der Waals surface area contributed by atoms with Crippen molar-refractivity contribution in [3.63, 3.8) is 0 Å². The number of ether oxygens (including phenoxy) is 1. The zero-order chi connectivity index (χ0) is 19.0. The Kier molecular flexibility index (Phi) is 5.35. The van der Waals surface area contributed by atoms with Crippen molar-refractivity contribution >= 4 is 45.1 Å². The van der Waals surface area contributed by atoms with Crippen LogP contribution in [0.3, 0.4) is 0 Å².